The van der Waals surface area contributed by atoms with E-state index in [-0.39, 0.29) is 35.0 Å². The minimum atomic E-state index is -4.74. The molecule has 34 heavy (non-hydrogen) atoms. The van der Waals surface area contributed by atoms with E-state index in [9.17, 15) is 32.7 Å². The Balaban J connectivity index is 2.67. The predicted molar refractivity (Wildman–Crippen MR) is 122 cm³/mol. The second-order valence-corrected chi connectivity index (χ2v) is 8.58. The van der Waals surface area contributed by atoms with E-state index in [1.165, 1.54) is 18.2 Å². The minimum Gasteiger partial charge on any atom is -0.465 e. The van der Waals surface area contributed by atoms with Crippen molar-refractivity contribution in [3.05, 3.63) is 69.7 Å². The van der Waals surface area contributed by atoms with E-state index in [0.29, 0.717) is 11.8 Å². The molecule has 1 atom stereocenters. The van der Waals surface area contributed by atoms with Gasteiger partial charge in [0.1, 0.15) is 12.7 Å². The Kier molecular flexibility index (Phi) is 9.35. The van der Waals surface area contributed by atoms with Gasteiger partial charge in [-0.1, -0.05) is 59.6 Å². The molecule has 0 unspecified atom stereocenters. The normalized spacial score (nSPS) is 13.1. The molecular formula is C23H23Cl2F3N2O4. The van der Waals surface area contributed by atoms with Crippen molar-refractivity contribution in [1.29, 1.82) is 0 Å². The van der Waals surface area contributed by atoms with E-state index >= 15 is 0 Å². The molecule has 0 saturated heterocycles. The van der Waals surface area contributed by atoms with Crippen molar-refractivity contribution in [2.24, 2.45) is 0 Å². The molecule has 6 nitrogen and oxygen atoms in total. The van der Waals surface area contributed by atoms with Gasteiger partial charge in [-0.2, -0.15) is 13.2 Å². The fourth-order valence-corrected chi connectivity index (χ4v) is 4.03. The minimum absolute atomic E-state index is 0.0870. The third-order valence-electron chi connectivity index (χ3n) is 5.34. The molecular weight excluding hydrogens is 496 g/mol. The first-order valence-electron chi connectivity index (χ1n) is 10.1. The van der Waals surface area contributed by atoms with Crippen LogP contribution in [0.1, 0.15) is 30.4 Å². The molecule has 0 fully saturated rings. The lowest BCUT2D eigenvalue weighted by Crippen LogP contribution is -2.55. The van der Waals surface area contributed by atoms with Crippen molar-refractivity contribution in [1.82, 2.24) is 9.80 Å². The summed E-state index contributed by atoms with van der Waals surface area (Å²) in [6, 6.07) is 12.9. The molecule has 0 bridgehead atoms. The summed E-state index contributed by atoms with van der Waals surface area (Å²) in [4.78, 5) is 38.0. The number of aldehydes is 1. The third kappa shape index (κ3) is 7.11. The number of amides is 2. The lowest BCUT2D eigenvalue weighted by atomic mass is 9.82. The molecule has 11 heteroatoms. The van der Waals surface area contributed by atoms with Crippen LogP contribution in [-0.4, -0.2) is 53.0 Å². The van der Waals surface area contributed by atoms with E-state index in [4.69, 9.17) is 23.2 Å². The summed E-state index contributed by atoms with van der Waals surface area (Å²) in [5.41, 5.74) is -0.717. The van der Waals surface area contributed by atoms with E-state index < -0.39 is 36.7 Å². The number of carboxylic acid groups (broad SMARTS) is 1. The molecule has 0 aliphatic rings. The molecule has 2 rings (SSSR count). The highest BCUT2D eigenvalue weighted by molar-refractivity contribution is 6.42. The van der Waals surface area contributed by atoms with Crippen LogP contribution in [0.15, 0.2) is 48.5 Å². The van der Waals surface area contributed by atoms with Crippen molar-refractivity contribution in [3.63, 3.8) is 0 Å². The van der Waals surface area contributed by atoms with Gasteiger partial charge in [0.05, 0.1) is 15.6 Å². The highest BCUT2D eigenvalue weighted by Crippen LogP contribution is 2.39. The van der Waals surface area contributed by atoms with Crippen LogP contribution in [0.3, 0.4) is 0 Å². The average Bonchev–Trinajstić information content (AvgIpc) is 2.76. The van der Waals surface area contributed by atoms with Gasteiger partial charge in [0, 0.05) is 26.6 Å². The SMILES string of the molecule is CN(C[C@](CCC=O)(c1ccc(Cl)c(Cl)c1)N(Cc1ccccc1)C(=O)O)C(=O)CC(F)(F)F. The Morgan fingerprint density at radius 1 is 1.06 bits per heavy atom. The van der Waals surface area contributed by atoms with Gasteiger partial charge in [0.25, 0.3) is 0 Å². The predicted octanol–water partition coefficient (Wildman–Crippen LogP) is 5.76. The number of hydrogen-bond acceptors (Lipinski definition) is 3. The van der Waals surface area contributed by atoms with Gasteiger partial charge in [-0.15, -0.1) is 0 Å². The number of carbonyl (C=O) groups excluding carboxylic acids is 2. The van der Waals surface area contributed by atoms with E-state index in [1.807, 2.05) is 0 Å². The van der Waals surface area contributed by atoms with Crippen LogP contribution in [0.25, 0.3) is 0 Å². The number of nitrogens with zero attached hydrogens (tertiary/aromatic N) is 2. The molecule has 0 aromatic heterocycles. The fourth-order valence-electron chi connectivity index (χ4n) is 3.73. The highest BCUT2D eigenvalue weighted by atomic mass is 35.5. The number of carbonyl (C=O) groups is 3. The fraction of sp³-hybridized carbons (Fsp3) is 0.348. The molecule has 0 aliphatic carbocycles. The quantitative estimate of drug-likeness (QED) is 0.405. The van der Waals surface area contributed by atoms with Gasteiger partial charge in [0.2, 0.25) is 5.91 Å². The lowest BCUT2D eigenvalue weighted by molar-refractivity contribution is -0.161. The van der Waals surface area contributed by atoms with E-state index in [0.717, 1.165) is 16.8 Å². The van der Waals surface area contributed by atoms with Crippen molar-refractivity contribution in [2.75, 3.05) is 13.6 Å². The monoisotopic (exact) mass is 518 g/mol. The van der Waals surface area contributed by atoms with E-state index in [2.05, 4.69) is 0 Å². The summed E-state index contributed by atoms with van der Waals surface area (Å²) in [5, 5.41) is 10.5. The summed E-state index contributed by atoms with van der Waals surface area (Å²) in [6.45, 7) is -0.608. The molecule has 184 valence electrons. The van der Waals surface area contributed by atoms with Crippen molar-refractivity contribution in [3.8, 4) is 0 Å². The highest BCUT2D eigenvalue weighted by Gasteiger charge is 2.44. The number of benzene rings is 2. The Bertz CT molecular complexity index is 1020. The molecule has 0 saturated carbocycles. The van der Waals surface area contributed by atoms with Crippen LogP contribution in [0, 0.1) is 0 Å². The zero-order chi connectivity index (χ0) is 25.5. The number of halogens is 5. The topological polar surface area (TPSA) is 77.9 Å². The molecule has 0 radical (unpaired) electrons. The number of hydrogen-bond donors (Lipinski definition) is 1. The van der Waals surface area contributed by atoms with Crippen molar-refractivity contribution >= 4 is 41.5 Å². The second kappa shape index (κ2) is 11.6. The Morgan fingerprint density at radius 2 is 1.71 bits per heavy atom. The molecule has 2 amide bonds. The van der Waals surface area contributed by atoms with Gasteiger partial charge < -0.3 is 14.8 Å². The Labute approximate surface area is 204 Å². The standard InChI is InChI=1S/C23H23Cl2F3N2O4/c1-29(20(32)13-23(26,27)28)15-22(10-5-11-31,17-8-9-18(24)19(25)12-17)30(21(33)34)14-16-6-3-2-4-7-16/h2-4,6-9,11-12H,5,10,13-15H2,1H3,(H,33,34)/t22-/m1/s1. The van der Waals surface area contributed by atoms with Crippen LogP contribution in [0.2, 0.25) is 10.0 Å². The molecule has 1 N–H and O–H groups in total. The molecule has 0 heterocycles. The zero-order valence-corrected chi connectivity index (χ0v) is 19.7. The molecule has 2 aromatic carbocycles. The van der Waals surface area contributed by atoms with Crippen LogP contribution >= 0.6 is 23.2 Å². The first-order chi connectivity index (χ1) is 15.9. The summed E-state index contributed by atoms with van der Waals surface area (Å²) >= 11 is 12.2. The smallest absolute Gasteiger partial charge is 0.408 e. The maximum Gasteiger partial charge on any atom is 0.408 e. The first-order valence-corrected chi connectivity index (χ1v) is 10.9. The van der Waals surface area contributed by atoms with Crippen molar-refractivity contribution in [2.45, 2.75) is 37.5 Å². The Morgan fingerprint density at radius 3 is 2.24 bits per heavy atom. The number of likely N-dealkylation sites (N-methyl/N-ethyl adjacent to an activating group) is 1. The van der Waals surface area contributed by atoms with Crippen LogP contribution in [0.5, 0.6) is 0 Å². The lowest BCUT2D eigenvalue weighted by Gasteiger charge is -2.45. The Hall–Kier alpha value is -2.78. The molecule has 2 aromatic rings. The first kappa shape index (κ1) is 27.5. The summed E-state index contributed by atoms with van der Waals surface area (Å²) in [7, 11) is 1.16. The third-order valence-corrected chi connectivity index (χ3v) is 6.08. The summed E-state index contributed by atoms with van der Waals surface area (Å²) < 4.78 is 38.6. The largest absolute Gasteiger partial charge is 0.465 e. The van der Waals surface area contributed by atoms with Gasteiger partial charge in [0.15, 0.2) is 0 Å². The number of alkyl halides is 3. The second-order valence-electron chi connectivity index (χ2n) is 7.76. The number of rotatable bonds is 10. The molecule has 0 spiro atoms. The van der Waals surface area contributed by atoms with Gasteiger partial charge in [-0.25, -0.2) is 4.79 Å². The van der Waals surface area contributed by atoms with Crippen LogP contribution < -0.4 is 0 Å². The van der Waals surface area contributed by atoms with E-state index in [1.54, 1.807) is 30.3 Å². The maximum atomic E-state index is 12.9. The summed E-state index contributed by atoms with van der Waals surface area (Å²) in [6.07, 6.45) is -7.50. The van der Waals surface area contributed by atoms with Gasteiger partial charge >= 0.3 is 12.3 Å². The van der Waals surface area contributed by atoms with Gasteiger partial charge in [-0.3, -0.25) is 9.69 Å². The summed E-state index contributed by atoms with van der Waals surface area (Å²) in [5.74, 6) is -1.24. The van der Waals surface area contributed by atoms with Crippen LogP contribution in [-0.2, 0) is 21.7 Å². The van der Waals surface area contributed by atoms with Crippen LogP contribution in [0.4, 0.5) is 18.0 Å². The maximum absolute atomic E-state index is 12.9. The zero-order valence-electron chi connectivity index (χ0n) is 18.2. The average molecular weight is 519 g/mol. The van der Waals surface area contributed by atoms with Crippen molar-refractivity contribution < 1.29 is 32.7 Å². The van der Waals surface area contributed by atoms with Gasteiger partial charge in [-0.05, 0) is 29.7 Å². The molecule has 0 aliphatic heterocycles.